The maximum Gasteiger partial charge on any atom is 0.118 e. The molecule has 1 heterocycles. The fourth-order valence-electron chi connectivity index (χ4n) is 4.97. The fourth-order valence-corrected chi connectivity index (χ4v) is 4.97. The number of ether oxygens (including phenoxy) is 1. The molecule has 1 aliphatic heterocycles. The summed E-state index contributed by atoms with van der Waals surface area (Å²) in [6.07, 6.45) is 3.68. The Morgan fingerprint density at radius 1 is 0.903 bits per heavy atom. The van der Waals surface area contributed by atoms with Gasteiger partial charge in [0.25, 0.3) is 0 Å². The Bertz CT molecular complexity index is 962. The number of hydrogen-bond donors (Lipinski definition) is 0. The van der Waals surface area contributed by atoms with Crippen molar-refractivity contribution in [2.24, 2.45) is 0 Å². The molecule has 164 valence electrons. The Morgan fingerprint density at radius 3 is 2.29 bits per heavy atom. The van der Waals surface area contributed by atoms with E-state index < -0.39 is 0 Å². The molecule has 31 heavy (non-hydrogen) atoms. The number of rotatable bonds is 10. The molecular formula is C28H36N2O. The summed E-state index contributed by atoms with van der Waals surface area (Å²) in [5.41, 5.74) is 2.80. The Labute approximate surface area is 187 Å². The third-order valence-corrected chi connectivity index (χ3v) is 6.60. The molecule has 1 saturated heterocycles. The third-order valence-electron chi connectivity index (χ3n) is 6.60. The first-order valence-corrected chi connectivity index (χ1v) is 11.8. The Balaban J connectivity index is 1.55. The second kappa shape index (κ2) is 10.3. The van der Waals surface area contributed by atoms with Crippen LogP contribution in [0.4, 0.5) is 0 Å². The van der Waals surface area contributed by atoms with E-state index in [1.807, 2.05) is 0 Å². The molecule has 3 aromatic carbocycles. The summed E-state index contributed by atoms with van der Waals surface area (Å²) in [5, 5.41) is 2.66. The van der Waals surface area contributed by atoms with Gasteiger partial charge < -0.3 is 9.64 Å². The highest BCUT2D eigenvalue weighted by Gasteiger charge is 2.39. The summed E-state index contributed by atoms with van der Waals surface area (Å²) in [5.74, 6) is 0.923. The first-order valence-electron chi connectivity index (χ1n) is 11.8. The molecule has 3 aromatic rings. The van der Waals surface area contributed by atoms with Crippen LogP contribution in [0.3, 0.4) is 0 Å². The minimum absolute atomic E-state index is 0.488. The first-order chi connectivity index (χ1) is 15.2. The van der Waals surface area contributed by atoms with E-state index in [0.29, 0.717) is 12.1 Å². The highest BCUT2D eigenvalue weighted by molar-refractivity contribution is 5.83. The van der Waals surface area contributed by atoms with Crippen LogP contribution in [0.1, 0.15) is 50.3 Å². The van der Waals surface area contributed by atoms with Crippen molar-refractivity contribution in [3.63, 3.8) is 0 Å². The smallest absolute Gasteiger partial charge is 0.118 e. The molecule has 4 rings (SSSR count). The fraction of sp³-hybridized carbons (Fsp3) is 0.429. The van der Waals surface area contributed by atoms with Crippen LogP contribution in [-0.4, -0.2) is 42.6 Å². The second-order valence-corrected chi connectivity index (χ2v) is 8.83. The van der Waals surface area contributed by atoms with Gasteiger partial charge in [-0.1, -0.05) is 62.4 Å². The molecule has 1 aliphatic rings. The van der Waals surface area contributed by atoms with Crippen molar-refractivity contribution < 1.29 is 4.74 Å². The molecule has 0 saturated carbocycles. The zero-order valence-electron chi connectivity index (χ0n) is 19.3. The summed E-state index contributed by atoms with van der Waals surface area (Å²) in [6.45, 7) is 9.12. The van der Waals surface area contributed by atoms with Gasteiger partial charge in [0, 0.05) is 25.2 Å². The average molecular weight is 417 g/mol. The van der Waals surface area contributed by atoms with Crippen molar-refractivity contribution in [2.45, 2.75) is 51.7 Å². The van der Waals surface area contributed by atoms with Crippen molar-refractivity contribution in [1.29, 1.82) is 0 Å². The molecule has 0 aliphatic carbocycles. The van der Waals surface area contributed by atoms with Crippen LogP contribution < -0.4 is 4.74 Å². The van der Waals surface area contributed by atoms with Crippen LogP contribution in [0, 0.1) is 0 Å². The molecule has 0 N–H and O–H groups in total. The topological polar surface area (TPSA) is 15.7 Å². The molecular weight excluding hydrogens is 380 g/mol. The van der Waals surface area contributed by atoms with Crippen molar-refractivity contribution in [3.8, 4) is 5.75 Å². The minimum Gasteiger partial charge on any atom is -0.497 e. The molecule has 2 atom stereocenters. The van der Waals surface area contributed by atoms with Crippen LogP contribution in [0.5, 0.6) is 5.75 Å². The molecule has 0 aromatic heterocycles. The zero-order valence-corrected chi connectivity index (χ0v) is 19.3. The molecule has 1 fully saturated rings. The lowest BCUT2D eigenvalue weighted by molar-refractivity contribution is -0.0149. The molecule has 0 unspecified atom stereocenters. The standard InChI is InChI=1S/C28H36N2O/c1-4-16-29(17-5-2)21-26-19-28(25-13-12-23-8-6-7-9-24(23)18-25)30(26)20-22-10-14-27(31-3)15-11-22/h6-15,18,26,28H,4-5,16-17,19-21H2,1-3H3/t26-,28+/m0/s1. The van der Waals surface area contributed by atoms with Crippen LogP contribution >= 0.6 is 0 Å². The number of benzene rings is 3. The third kappa shape index (κ3) is 5.11. The van der Waals surface area contributed by atoms with Crippen molar-refractivity contribution in [1.82, 2.24) is 9.80 Å². The highest BCUT2D eigenvalue weighted by Crippen LogP contribution is 2.41. The lowest BCUT2D eigenvalue weighted by atomic mass is 9.85. The number of nitrogens with zero attached hydrogens (tertiary/aromatic N) is 2. The van der Waals surface area contributed by atoms with Crippen LogP contribution in [0.15, 0.2) is 66.7 Å². The summed E-state index contributed by atoms with van der Waals surface area (Å²) in [7, 11) is 1.73. The van der Waals surface area contributed by atoms with Crippen molar-refractivity contribution in [2.75, 3.05) is 26.7 Å². The molecule has 3 nitrogen and oxygen atoms in total. The van der Waals surface area contributed by atoms with E-state index in [-0.39, 0.29) is 0 Å². The number of hydrogen-bond acceptors (Lipinski definition) is 3. The van der Waals surface area contributed by atoms with Gasteiger partial charge in [0.2, 0.25) is 0 Å². The number of likely N-dealkylation sites (tertiary alicyclic amines) is 1. The lowest BCUT2D eigenvalue weighted by Crippen LogP contribution is -2.54. The summed E-state index contributed by atoms with van der Waals surface area (Å²) < 4.78 is 5.35. The second-order valence-electron chi connectivity index (χ2n) is 8.83. The van der Waals surface area contributed by atoms with E-state index >= 15 is 0 Å². The van der Waals surface area contributed by atoms with Gasteiger partial charge in [0.05, 0.1) is 7.11 Å². The van der Waals surface area contributed by atoms with E-state index in [2.05, 4.69) is 90.4 Å². The van der Waals surface area contributed by atoms with Gasteiger partial charge in [-0.25, -0.2) is 0 Å². The van der Waals surface area contributed by atoms with E-state index in [4.69, 9.17) is 4.74 Å². The molecule has 3 heteroatoms. The summed E-state index contributed by atoms with van der Waals surface area (Å²) in [4.78, 5) is 5.37. The molecule has 0 amide bonds. The van der Waals surface area contributed by atoms with E-state index in [0.717, 1.165) is 12.3 Å². The van der Waals surface area contributed by atoms with Gasteiger partial charge in [-0.3, -0.25) is 4.90 Å². The van der Waals surface area contributed by atoms with Crippen LogP contribution in [0.25, 0.3) is 10.8 Å². The monoisotopic (exact) mass is 416 g/mol. The normalized spacial score (nSPS) is 19.0. The van der Waals surface area contributed by atoms with E-state index in [1.165, 1.54) is 60.8 Å². The van der Waals surface area contributed by atoms with Gasteiger partial charge in [-0.15, -0.1) is 0 Å². The zero-order chi connectivity index (χ0) is 21.6. The maximum absolute atomic E-state index is 5.35. The van der Waals surface area contributed by atoms with Gasteiger partial charge in [0.1, 0.15) is 5.75 Å². The van der Waals surface area contributed by atoms with E-state index in [9.17, 15) is 0 Å². The average Bonchev–Trinajstić information content (AvgIpc) is 2.80. The Morgan fingerprint density at radius 2 is 1.61 bits per heavy atom. The highest BCUT2D eigenvalue weighted by atomic mass is 16.5. The number of fused-ring (bicyclic) bond motifs is 1. The summed E-state index contributed by atoms with van der Waals surface area (Å²) in [6, 6.07) is 25.4. The van der Waals surface area contributed by atoms with Gasteiger partial charge in [-0.05, 0) is 72.5 Å². The summed E-state index contributed by atoms with van der Waals surface area (Å²) >= 11 is 0. The quantitative estimate of drug-likeness (QED) is 0.386. The molecule has 0 radical (unpaired) electrons. The first kappa shape index (κ1) is 21.9. The van der Waals surface area contributed by atoms with Crippen LogP contribution in [0.2, 0.25) is 0 Å². The Kier molecular flexibility index (Phi) is 7.26. The van der Waals surface area contributed by atoms with E-state index in [1.54, 1.807) is 7.11 Å². The van der Waals surface area contributed by atoms with Crippen molar-refractivity contribution >= 4 is 10.8 Å². The Hall–Kier alpha value is -2.36. The molecule has 0 spiro atoms. The van der Waals surface area contributed by atoms with Gasteiger partial charge >= 0.3 is 0 Å². The molecule has 0 bridgehead atoms. The predicted molar refractivity (Wildman–Crippen MR) is 131 cm³/mol. The lowest BCUT2D eigenvalue weighted by Gasteiger charge is -2.51. The number of methoxy groups -OCH3 is 1. The van der Waals surface area contributed by atoms with Gasteiger partial charge in [-0.2, -0.15) is 0 Å². The van der Waals surface area contributed by atoms with Crippen molar-refractivity contribution in [3.05, 3.63) is 77.9 Å². The predicted octanol–water partition coefficient (Wildman–Crippen LogP) is 6.29. The maximum atomic E-state index is 5.35. The SMILES string of the molecule is CCCN(CCC)C[C@@H]1C[C@H](c2ccc3ccccc3c2)N1Cc1ccc(OC)cc1. The largest absolute Gasteiger partial charge is 0.497 e. The minimum atomic E-state index is 0.488. The van der Waals surface area contributed by atoms with Crippen LogP contribution in [-0.2, 0) is 6.54 Å². The van der Waals surface area contributed by atoms with Gasteiger partial charge in [0.15, 0.2) is 0 Å².